The van der Waals surface area contributed by atoms with Crippen LogP contribution in [-0.4, -0.2) is 36.3 Å². The number of furan rings is 1. The van der Waals surface area contributed by atoms with Crippen LogP contribution in [0.4, 0.5) is 5.69 Å². The molecule has 0 saturated carbocycles. The van der Waals surface area contributed by atoms with Crippen molar-refractivity contribution < 1.29 is 17.6 Å². The molecule has 2 aromatic heterocycles. The average molecular weight is 458 g/mol. The average Bonchev–Trinajstić information content (AvgIpc) is 3.22. The molecule has 1 amide bonds. The molecule has 170 valence electrons. The Balaban J connectivity index is 1.85. The van der Waals surface area contributed by atoms with Crippen molar-refractivity contribution in [2.45, 2.75) is 39.1 Å². The number of benzene rings is 1. The van der Waals surface area contributed by atoms with Crippen LogP contribution in [0.3, 0.4) is 0 Å². The van der Waals surface area contributed by atoms with E-state index in [1.54, 1.807) is 51.2 Å². The Bertz CT molecular complexity index is 1290. The Kier molecular flexibility index (Phi) is 7.00. The Labute approximate surface area is 187 Å². The Morgan fingerprint density at radius 3 is 2.47 bits per heavy atom. The summed E-state index contributed by atoms with van der Waals surface area (Å²) in [5, 5.41) is 2.76. The second-order valence-corrected chi connectivity index (χ2v) is 9.33. The Morgan fingerprint density at radius 2 is 1.81 bits per heavy atom. The van der Waals surface area contributed by atoms with E-state index in [0.29, 0.717) is 24.5 Å². The molecule has 0 unspecified atom stereocenters. The summed E-state index contributed by atoms with van der Waals surface area (Å²) in [5.41, 5.74) is 1.74. The Hall–Kier alpha value is -3.17. The third-order valence-corrected chi connectivity index (χ3v) is 7.37. The standard InChI is InChI=1S/C23H27N3O5S/c1-5-26(6-2)32(29,30)19-13-16(3)17(4)20(14-19)24-23(28)21-11-10-18(31-21)15-25-12-8-7-9-22(25)27/h7-14H,5-6,15H2,1-4H3,(H,24,28). The van der Waals surface area contributed by atoms with Crippen molar-refractivity contribution in [1.29, 1.82) is 0 Å². The van der Waals surface area contributed by atoms with Gasteiger partial charge in [0.25, 0.3) is 11.5 Å². The molecule has 0 fully saturated rings. The van der Waals surface area contributed by atoms with Gasteiger partial charge in [-0.3, -0.25) is 9.59 Å². The third-order valence-electron chi connectivity index (χ3n) is 5.34. The van der Waals surface area contributed by atoms with Crippen LogP contribution >= 0.6 is 0 Å². The van der Waals surface area contributed by atoms with Gasteiger partial charge in [0.1, 0.15) is 5.76 Å². The maximum atomic E-state index is 12.9. The highest BCUT2D eigenvalue weighted by molar-refractivity contribution is 7.89. The van der Waals surface area contributed by atoms with Crippen molar-refractivity contribution >= 4 is 21.6 Å². The molecule has 0 bridgehead atoms. The minimum atomic E-state index is -3.67. The van der Waals surface area contributed by atoms with Crippen LogP contribution in [0.25, 0.3) is 0 Å². The molecule has 3 rings (SSSR count). The van der Waals surface area contributed by atoms with E-state index >= 15 is 0 Å². The number of nitrogens with one attached hydrogen (secondary N) is 1. The van der Waals surface area contributed by atoms with E-state index in [0.717, 1.165) is 11.1 Å². The number of aryl methyl sites for hydroxylation is 1. The first-order chi connectivity index (χ1) is 15.2. The first-order valence-corrected chi connectivity index (χ1v) is 11.8. The summed E-state index contributed by atoms with van der Waals surface area (Å²) in [6.07, 6.45) is 1.64. The van der Waals surface area contributed by atoms with Crippen LogP contribution in [0.5, 0.6) is 0 Å². The zero-order valence-electron chi connectivity index (χ0n) is 18.6. The van der Waals surface area contributed by atoms with Gasteiger partial charge >= 0.3 is 0 Å². The first kappa shape index (κ1) is 23.5. The smallest absolute Gasteiger partial charge is 0.291 e. The number of hydrogen-bond acceptors (Lipinski definition) is 5. The first-order valence-electron chi connectivity index (χ1n) is 10.3. The molecule has 32 heavy (non-hydrogen) atoms. The fourth-order valence-electron chi connectivity index (χ4n) is 3.35. The molecule has 0 atom stereocenters. The molecule has 8 nitrogen and oxygen atoms in total. The van der Waals surface area contributed by atoms with Crippen LogP contribution in [0.2, 0.25) is 0 Å². The zero-order chi connectivity index (χ0) is 23.5. The molecule has 1 N–H and O–H groups in total. The second-order valence-electron chi connectivity index (χ2n) is 7.39. The highest BCUT2D eigenvalue weighted by Crippen LogP contribution is 2.27. The topological polar surface area (TPSA) is 102 Å². The van der Waals surface area contributed by atoms with Gasteiger partial charge < -0.3 is 14.3 Å². The van der Waals surface area contributed by atoms with Crippen molar-refractivity contribution in [3.05, 3.63) is 81.7 Å². The number of carbonyl (C=O) groups is 1. The van der Waals surface area contributed by atoms with Crippen LogP contribution in [-0.2, 0) is 16.6 Å². The van der Waals surface area contributed by atoms with Crippen molar-refractivity contribution in [1.82, 2.24) is 8.87 Å². The Morgan fingerprint density at radius 1 is 1.09 bits per heavy atom. The number of aromatic nitrogens is 1. The molecule has 9 heteroatoms. The largest absolute Gasteiger partial charge is 0.454 e. The molecule has 0 aliphatic rings. The van der Waals surface area contributed by atoms with Gasteiger partial charge in [-0.1, -0.05) is 19.9 Å². The van der Waals surface area contributed by atoms with Gasteiger partial charge in [-0.05, 0) is 55.3 Å². The van der Waals surface area contributed by atoms with Crippen LogP contribution < -0.4 is 10.9 Å². The van der Waals surface area contributed by atoms with Crippen molar-refractivity contribution in [3.8, 4) is 0 Å². The summed E-state index contributed by atoms with van der Waals surface area (Å²) >= 11 is 0. The van der Waals surface area contributed by atoms with Crippen molar-refractivity contribution in [2.75, 3.05) is 18.4 Å². The molecular weight excluding hydrogens is 430 g/mol. The lowest BCUT2D eigenvalue weighted by Crippen LogP contribution is -2.30. The van der Waals surface area contributed by atoms with E-state index in [1.807, 2.05) is 6.92 Å². The summed E-state index contributed by atoms with van der Waals surface area (Å²) in [4.78, 5) is 24.8. The SMILES string of the molecule is CCN(CC)S(=O)(=O)c1cc(C)c(C)c(NC(=O)c2ccc(Cn3ccccc3=O)o2)c1. The number of rotatable bonds is 8. The maximum Gasteiger partial charge on any atom is 0.291 e. The van der Waals surface area contributed by atoms with E-state index in [-0.39, 0.29) is 22.8 Å². The zero-order valence-corrected chi connectivity index (χ0v) is 19.4. The molecular formula is C23H27N3O5S. The molecule has 0 radical (unpaired) electrons. The fourth-order valence-corrected chi connectivity index (χ4v) is 4.92. The van der Waals surface area contributed by atoms with Gasteiger partial charge in [-0.25, -0.2) is 8.42 Å². The summed E-state index contributed by atoms with van der Waals surface area (Å²) in [6.45, 7) is 8.08. The number of sulfonamides is 1. The number of nitrogens with zero attached hydrogens (tertiary/aromatic N) is 2. The van der Waals surface area contributed by atoms with Crippen LogP contribution in [0.15, 0.2) is 62.8 Å². The summed E-state index contributed by atoms with van der Waals surface area (Å²) in [5.74, 6) is 0.0174. The molecule has 0 aliphatic heterocycles. The van der Waals surface area contributed by atoms with Crippen LogP contribution in [0.1, 0.15) is 41.3 Å². The van der Waals surface area contributed by atoms with Crippen LogP contribution in [0, 0.1) is 13.8 Å². The highest BCUT2D eigenvalue weighted by Gasteiger charge is 2.24. The molecule has 1 aromatic carbocycles. The number of pyridine rings is 1. The number of hydrogen-bond donors (Lipinski definition) is 1. The summed E-state index contributed by atoms with van der Waals surface area (Å²) in [7, 11) is -3.67. The van der Waals surface area contributed by atoms with Gasteiger partial charge in [0.05, 0.1) is 11.4 Å². The van der Waals surface area contributed by atoms with Gasteiger partial charge in [-0.15, -0.1) is 0 Å². The molecule has 0 spiro atoms. The van der Waals surface area contributed by atoms with Gasteiger partial charge in [0, 0.05) is 31.0 Å². The lowest BCUT2D eigenvalue weighted by Gasteiger charge is -2.20. The van der Waals surface area contributed by atoms with E-state index in [2.05, 4.69) is 5.32 Å². The normalized spacial score (nSPS) is 11.7. The minimum absolute atomic E-state index is 0.0676. The predicted octanol–water partition coefficient (Wildman–Crippen LogP) is 3.39. The van der Waals surface area contributed by atoms with Gasteiger partial charge in [0.2, 0.25) is 10.0 Å². The van der Waals surface area contributed by atoms with E-state index < -0.39 is 15.9 Å². The van der Waals surface area contributed by atoms with Crippen molar-refractivity contribution in [2.24, 2.45) is 0 Å². The predicted molar refractivity (Wildman–Crippen MR) is 122 cm³/mol. The van der Waals surface area contributed by atoms with E-state index in [4.69, 9.17) is 4.42 Å². The number of anilines is 1. The number of amides is 1. The van der Waals surface area contributed by atoms with Crippen molar-refractivity contribution in [3.63, 3.8) is 0 Å². The number of carbonyl (C=O) groups excluding carboxylic acids is 1. The quantitative estimate of drug-likeness (QED) is 0.559. The molecule has 2 heterocycles. The fraction of sp³-hybridized carbons (Fsp3) is 0.304. The lowest BCUT2D eigenvalue weighted by molar-refractivity contribution is 0.0994. The van der Waals surface area contributed by atoms with Gasteiger partial charge in [0.15, 0.2) is 5.76 Å². The second kappa shape index (κ2) is 9.54. The highest BCUT2D eigenvalue weighted by atomic mass is 32.2. The van der Waals surface area contributed by atoms with Gasteiger partial charge in [-0.2, -0.15) is 4.31 Å². The summed E-state index contributed by atoms with van der Waals surface area (Å²) < 4.78 is 34.3. The van der Waals surface area contributed by atoms with E-state index in [1.165, 1.54) is 27.1 Å². The summed E-state index contributed by atoms with van der Waals surface area (Å²) in [6, 6.07) is 11.1. The molecule has 0 saturated heterocycles. The lowest BCUT2D eigenvalue weighted by atomic mass is 10.1. The molecule has 3 aromatic rings. The molecule has 0 aliphatic carbocycles. The monoisotopic (exact) mass is 457 g/mol. The minimum Gasteiger partial charge on any atom is -0.454 e. The maximum absolute atomic E-state index is 12.9. The third kappa shape index (κ3) is 4.84. The van der Waals surface area contributed by atoms with E-state index in [9.17, 15) is 18.0 Å².